The molecule has 6 rings (SSSR count). The number of nitrogens with one attached hydrogen (secondary N) is 1. The third kappa shape index (κ3) is 7.66. The van der Waals surface area contributed by atoms with Crippen molar-refractivity contribution in [2.75, 3.05) is 52.8 Å². The number of aromatic nitrogens is 4. The van der Waals surface area contributed by atoms with Crippen molar-refractivity contribution < 1.29 is 23.7 Å². The number of benzene rings is 5. The van der Waals surface area contributed by atoms with Crippen molar-refractivity contribution in [3.05, 3.63) is 90.3 Å². The highest BCUT2D eigenvalue weighted by atomic mass is 16.6. The van der Waals surface area contributed by atoms with Gasteiger partial charge in [-0.3, -0.25) is 4.79 Å². The minimum Gasteiger partial charge on any atom is -0.491 e. The molecule has 0 aliphatic carbocycles. The summed E-state index contributed by atoms with van der Waals surface area (Å²) in [5.41, 5.74) is 1.85. The van der Waals surface area contributed by atoms with Crippen LogP contribution in [0.5, 0.6) is 5.75 Å². The summed E-state index contributed by atoms with van der Waals surface area (Å²) in [6.07, 6.45) is 0.327. The van der Waals surface area contributed by atoms with Crippen LogP contribution >= 0.6 is 0 Å². The van der Waals surface area contributed by atoms with E-state index in [1.807, 2.05) is 24.3 Å². The Labute approximate surface area is 261 Å². The number of ether oxygens (including phenoxy) is 4. The predicted octanol–water partition coefficient (Wildman–Crippen LogP) is 4.93. The number of aryl methyl sites for hydroxylation is 1. The zero-order valence-corrected chi connectivity index (χ0v) is 25.2. The van der Waals surface area contributed by atoms with Crippen LogP contribution in [0.4, 0.5) is 0 Å². The molecule has 0 spiro atoms. The number of hydrogen-bond donors (Lipinski definition) is 1. The fraction of sp³-hybridized carbons (Fsp3) is 0.286. The maximum absolute atomic E-state index is 12.7. The molecular formula is C35H35N5O5. The maximum Gasteiger partial charge on any atom is 0.224 e. The van der Waals surface area contributed by atoms with Gasteiger partial charge in [-0.25, -0.2) is 0 Å². The Hall–Kier alpha value is -4.77. The van der Waals surface area contributed by atoms with Gasteiger partial charge in [0, 0.05) is 12.1 Å². The fourth-order valence-corrected chi connectivity index (χ4v) is 5.30. The van der Waals surface area contributed by atoms with Crippen molar-refractivity contribution in [2.24, 2.45) is 0 Å². The topological polar surface area (TPSA) is 118 Å². The molecule has 1 amide bonds. The van der Waals surface area contributed by atoms with E-state index in [1.54, 1.807) is 6.92 Å². The zero-order chi connectivity index (χ0) is 30.8. The van der Waals surface area contributed by atoms with Crippen molar-refractivity contribution in [2.45, 2.75) is 13.3 Å². The number of hydrogen-bond acceptors (Lipinski definition) is 9. The molecule has 0 aliphatic rings. The van der Waals surface area contributed by atoms with E-state index in [0.29, 0.717) is 70.9 Å². The van der Waals surface area contributed by atoms with Crippen LogP contribution in [-0.4, -0.2) is 79.1 Å². The summed E-state index contributed by atoms with van der Waals surface area (Å²) < 4.78 is 22.4. The average Bonchev–Trinajstić information content (AvgIpc) is 3.07. The molecule has 45 heavy (non-hydrogen) atoms. The molecule has 1 N–H and O–H groups in total. The van der Waals surface area contributed by atoms with Crippen molar-refractivity contribution in [3.63, 3.8) is 0 Å². The second-order valence-corrected chi connectivity index (χ2v) is 10.6. The Morgan fingerprint density at radius 1 is 0.644 bits per heavy atom. The smallest absolute Gasteiger partial charge is 0.224 e. The van der Waals surface area contributed by atoms with Crippen LogP contribution in [0.15, 0.2) is 78.9 Å². The molecule has 0 fully saturated rings. The number of rotatable bonds is 16. The van der Waals surface area contributed by atoms with E-state index >= 15 is 0 Å². The first-order valence-corrected chi connectivity index (χ1v) is 15.1. The highest BCUT2D eigenvalue weighted by Crippen LogP contribution is 2.36. The zero-order valence-electron chi connectivity index (χ0n) is 25.2. The molecule has 0 unspecified atom stereocenters. The van der Waals surface area contributed by atoms with Gasteiger partial charge in [-0.05, 0) is 69.1 Å². The molecule has 1 aromatic heterocycles. The molecule has 0 atom stereocenters. The van der Waals surface area contributed by atoms with E-state index in [0.717, 1.165) is 22.3 Å². The normalized spacial score (nSPS) is 11.5. The lowest BCUT2D eigenvalue weighted by Gasteiger charge is -2.14. The van der Waals surface area contributed by atoms with E-state index in [-0.39, 0.29) is 5.91 Å². The van der Waals surface area contributed by atoms with E-state index in [9.17, 15) is 4.79 Å². The Morgan fingerprint density at radius 2 is 1.24 bits per heavy atom. The van der Waals surface area contributed by atoms with Gasteiger partial charge in [0.1, 0.15) is 12.4 Å². The summed E-state index contributed by atoms with van der Waals surface area (Å²) in [7, 11) is 0. The van der Waals surface area contributed by atoms with Gasteiger partial charge in [0.05, 0.1) is 46.1 Å². The van der Waals surface area contributed by atoms with Crippen molar-refractivity contribution in [1.29, 1.82) is 0 Å². The van der Waals surface area contributed by atoms with E-state index < -0.39 is 0 Å². The molecule has 10 heteroatoms. The van der Waals surface area contributed by atoms with Gasteiger partial charge in [0.25, 0.3) is 0 Å². The van der Waals surface area contributed by atoms with Crippen LogP contribution in [0, 0.1) is 6.92 Å². The van der Waals surface area contributed by atoms with Crippen LogP contribution < -0.4 is 10.1 Å². The standard InChI is InChI=1S/C35H35N5O5/c1-24-37-39-35(40-38-24)28-9-12-30(13-10-28)45-22-21-44-20-19-43-18-17-42-16-15-36-32(41)23-29-8-7-27-6-5-25-3-2-4-26-11-14-31(29)34(27)33(25)26/h2-14H,15-23H2,1H3,(H,36,41). The molecule has 5 aromatic carbocycles. The Kier molecular flexibility index (Phi) is 9.96. The average molecular weight is 606 g/mol. The van der Waals surface area contributed by atoms with Crippen molar-refractivity contribution >= 4 is 38.2 Å². The number of amides is 1. The lowest BCUT2D eigenvalue weighted by Crippen LogP contribution is -2.29. The number of nitrogens with zero attached hydrogens (tertiary/aromatic N) is 4. The second kappa shape index (κ2) is 14.8. The van der Waals surface area contributed by atoms with E-state index in [2.05, 4.69) is 80.3 Å². The Balaban J connectivity index is 0.803. The van der Waals surface area contributed by atoms with Crippen LogP contribution in [-0.2, 0) is 25.4 Å². The summed E-state index contributed by atoms with van der Waals surface area (Å²) in [6, 6.07) is 26.5. The summed E-state index contributed by atoms with van der Waals surface area (Å²) in [4.78, 5) is 12.7. The first-order valence-electron chi connectivity index (χ1n) is 15.1. The van der Waals surface area contributed by atoms with Crippen LogP contribution in [0.1, 0.15) is 11.4 Å². The van der Waals surface area contributed by atoms with Gasteiger partial charge < -0.3 is 24.3 Å². The first-order chi connectivity index (χ1) is 22.2. The highest BCUT2D eigenvalue weighted by molar-refractivity contribution is 6.23. The largest absolute Gasteiger partial charge is 0.491 e. The molecule has 0 bridgehead atoms. The van der Waals surface area contributed by atoms with Crippen molar-refractivity contribution in [1.82, 2.24) is 25.7 Å². The summed E-state index contributed by atoms with van der Waals surface area (Å²) in [5, 5.41) is 26.1. The van der Waals surface area contributed by atoms with Crippen LogP contribution in [0.2, 0.25) is 0 Å². The highest BCUT2D eigenvalue weighted by Gasteiger charge is 2.13. The Bertz CT molecular complexity index is 1830. The summed E-state index contributed by atoms with van der Waals surface area (Å²) in [5.74, 6) is 1.71. The van der Waals surface area contributed by atoms with Gasteiger partial charge in [-0.15, -0.1) is 20.4 Å². The monoisotopic (exact) mass is 605 g/mol. The van der Waals surface area contributed by atoms with Gasteiger partial charge in [0.2, 0.25) is 11.7 Å². The predicted molar refractivity (Wildman–Crippen MR) is 173 cm³/mol. The lowest BCUT2D eigenvalue weighted by molar-refractivity contribution is -0.120. The molecule has 0 saturated heterocycles. The molecule has 0 saturated carbocycles. The molecule has 0 radical (unpaired) electrons. The third-order valence-electron chi connectivity index (χ3n) is 7.47. The minimum atomic E-state index is -0.0185. The summed E-state index contributed by atoms with van der Waals surface area (Å²) >= 11 is 0. The molecule has 230 valence electrons. The molecule has 10 nitrogen and oxygen atoms in total. The number of carbonyl (C=O) groups excluding carboxylic acids is 1. The van der Waals surface area contributed by atoms with Gasteiger partial charge in [0.15, 0.2) is 5.82 Å². The fourth-order valence-electron chi connectivity index (χ4n) is 5.30. The molecule has 0 aliphatic heterocycles. The minimum absolute atomic E-state index is 0.0185. The van der Waals surface area contributed by atoms with E-state index in [4.69, 9.17) is 18.9 Å². The third-order valence-corrected chi connectivity index (χ3v) is 7.47. The second-order valence-electron chi connectivity index (χ2n) is 10.6. The lowest BCUT2D eigenvalue weighted by atomic mass is 9.91. The maximum atomic E-state index is 12.7. The van der Waals surface area contributed by atoms with E-state index in [1.165, 1.54) is 26.9 Å². The van der Waals surface area contributed by atoms with Gasteiger partial charge >= 0.3 is 0 Å². The first kappa shape index (κ1) is 30.3. The number of carbonyl (C=O) groups is 1. The van der Waals surface area contributed by atoms with Crippen molar-refractivity contribution in [3.8, 4) is 17.1 Å². The van der Waals surface area contributed by atoms with Gasteiger partial charge in [-0.1, -0.05) is 54.6 Å². The quantitative estimate of drug-likeness (QED) is 0.121. The summed E-state index contributed by atoms with van der Waals surface area (Å²) in [6.45, 7) is 5.33. The molecular weight excluding hydrogens is 570 g/mol. The SMILES string of the molecule is Cc1nnc(-c2ccc(OCCOCCOCCOCCNC(=O)Cc3ccc4ccc5cccc6ccc3c4c56)cc2)nn1. The van der Waals surface area contributed by atoms with Gasteiger partial charge in [-0.2, -0.15) is 0 Å². The van der Waals surface area contributed by atoms with Crippen LogP contribution in [0.3, 0.4) is 0 Å². The molecule has 1 heterocycles. The Morgan fingerprint density at radius 3 is 1.96 bits per heavy atom. The van der Waals surface area contributed by atoms with Crippen LogP contribution in [0.25, 0.3) is 43.7 Å². The molecule has 6 aromatic rings.